The molecular formula is C16H13BrN2S. The second-order valence-corrected chi connectivity index (χ2v) is 6.80. The third kappa shape index (κ3) is 2.89. The second-order valence-electron chi connectivity index (χ2n) is 4.82. The Bertz CT molecular complexity index is 674. The van der Waals surface area contributed by atoms with E-state index in [2.05, 4.69) is 22.0 Å². The highest BCUT2D eigenvalue weighted by molar-refractivity contribution is 9.10. The maximum Gasteiger partial charge on any atom is 0.119 e. The lowest BCUT2D eigenvalue weighted by Gasteiger charge is -2.16. The van der Waals surface area contributed by atoms with Gasteiger partial charge in [0.15, 0.2) is 0 Å². The van der Waals surface area contributed by atoms with Gasteiger partial charge in [-0.1, -0.05) is 27.7 Å². The summed E-state index contributed by atoms with van der Waals surface area (Å²) >= 11 is 5.00. The maximum atomic E-state index is 9.33. The zero-order chi connectivity index (χ0) is 13.9. The molecule has 1 aromatic carbocycles. The minimum Gasteiger partial charge on any atom is -0.244 e. The van der Waals surface area contributed by atoms with Gasteiger partial charge in [0, 0.05) is 15.1 Å². The van der Waals surface area contributed by atoms with Crippen molar-refractivity contribution in [3.05, 3.63) is 51.6 Å². The summed E-state index contributed by atoms with van der Waals surface area (Å²) in [6.45, 7) is 0. The van der Waals surface area contributed by atoms with Gasteiger partial charge in [0.25, 0.3) is 0 Å². The molecule has 1 aromatic heterocycles. The van der Waals surface area contributed by atoms with Crippen molar-refractivity contribution >= 4 is 27.7 Å². The van der Waals surface area contributed by atoms with Crippen LogP contribution in [0.15, 0.2) is 44.7 Å². The molecule has 0 fully saturated rings. The number of benzene rings is 1. The smallest absolute Gasteiger partial charge is 0.119 e. The minimum atomic E-state index is 0.693. The molecule has 0 radical (unpaired) electrons. The van der Waals surface area contributed by atoms with E-state index in [1.807, 2.05) is 30.3 Å². The SMILES string of the molecule is N#Cc1cc2c(nc1Sc1ccc(Br)cc1)CCCC2. The molecule has 1 aliphatic rings. The minimum absolute atomic E-state index is 0.693. The molecule has 2 nitrogen and oxygen atoms in total. The monoisotopic (exact) mass is 344 g/mol. The van der Waals surface area contributed by atoms with Crippen LogP contribution in [0.2, 0.25) is 0 Å². The molecule has 0 saturated carbocycles. The van der Waals surface area contributed by atoms with Gasteiger partial charge in [0.05, 0.1) is 5.56 Å². The molecule has 0 atom stereocenters. The Morgan fingerprint density at radius 2 is 1.90 bits per heavy atom. The van der Waals surface area contributed by atoms with Crippen LogP contribution in [0, 0.1) is 11.3 Å². The van der Waals surface area contributed by atoms with Gasteiger partial charge in [0.1, 0.15) is 11.1 Å². The summed E-state index contributed by atoms with van der Waals surface area (Å²) in [4.78, 5) is 5.84. The molecule has 1 aliphatic carbocycles. The number of hydrogen-bond acceptors (Lipinski definition) is 3. The Balaban J connectivity index is 1.96. The maximum absolute atomic E-state index is 9.33. The highest BCUT2D eigenvalue weighted by Gasteiger charge is 2.15. The predicted octanol–water partition coefficient (Wildman–Crippen LogP) is 4.75. The van der Waals surface area contributed by atoms with Crippen molar-refractivity contribution in [3.63, 3.8) is 0 Å². The first-order valence-electron chi connectivity index (χ1n) is 6.62. The number of pyridine rings is 1. The lowest BCUT2D eigenvalue weighted by Crippen LogP contribution is -2.07. The normalized spacial score (nSPS) is 13.6. The van der Waals surface area contributed by atoms with Crippen LogP contribution in [0.25, 0.3) is 0 Å². The lowest BCUT2D eigenvalue weighted by atomic mass is 9.95. The molecule has 0 aliphatic heterocycles. The van der Waals surface area contributed by atoms with Gasteiger partial charge in [-0.25, -0.2) is 4.98 Å². The highest BCUT2D eigenvalue weighted by atomic mass is 79.9. The van der Waals surface area contributed by atoms with Crippen LogP contribution in [0.5, 0.6) is 0 Å². The van der Waals surface area contributed by atoms with E-state index in [0.29, 0.717) is 5.56 Å². The summed E-state index contributed by atoms with van der Waals surface area (Å²) in [6, 6.07) is 12.4. The summed E-state index contributed by atoms with van der Waals surface area (Å²) in [6.07, 6.45) is 4.50. The van der Waals surface area contributed by atoms with E-state index in [0.717, 1.165) is 27.2 Å². The number of aromatic nitrogens is 1. The summed E-state index contributed by atoms with van der Waals surface area (Å²) < 4.78 is 1.06. The van der Waals surface area contributed by atoms with Crippen molar-refractivity contribution in [1.82, 2.24) is 4.98 Å². The number of aryl methyl sites for hydroxylation is 2. The van der Waals surface area contributed by atoms with Crippen LogP contribution < -0.4 is 0 Å². The molecular weight excluding hydrogens is 332 g/mol. The Morgan fingerprint density at radius 3 is 2.65 bits per heavy atom. The van der Waals surface area contributed by atoms with Gasteiger partial charge in [-0.3, -0.25) is 0 Å². The first-order chi connectivity index (χ1) is 9.76. The molecule has 20 heavy (non-hydrogen) atoms. The van der Waals surface area contributed by atoms with Gasteiger partial charge in [-0.05, 0) is 61.6 Å². The van der Waals surface area contributed by atoms with Crippen molar-refractivity contribution in [2.75, 3.05) is 0 Å². The summed E-state index contributed by atoms with van der Waals surface area (Å²) in [5, 5.41) is 10.2. The van der Waals surface area contributed by atoms with Gasteiger partial charge in [-0.15, -0.1) is 0 Å². The van der Waals surface area contributed by atoms with E-state index in [-0.39, 0.29) is 0 Å². The molecule has 0 spiro atoms. The lowest BCUT2D eigenvalue weighted by molar-refractivity contribution is 0.660. The third-order valence-electron chi connectivity index (χ3n) is 3.41. The van der Waals surface area contributed by atoms with Crippen LogP contribution in [0.1, 0.15) is 29.7 Å². The molecule has 100 valence electrons. The van der Waals surface area contributed by atoms with Crippen LogP contribution in [-0.2, 0) is 12.8 Å². The second kappa shape index (κ2) is 5.99. The van der Waals surface area contributed by atoms with Gasteiger partial charge in [0.2, 0.25) is 0 Å². The quantitative estimate of drug-likeness (QED) is 0.788. The number of fused-ring (bicyclic) bond motifs is 1. The van der Waals surface area contributed by atoms with Crippen molar-refractivity contribution in [3.8, 4) is 6.07 Å². The van der Waals surface area contributed by atoms with Crippen LogP contribution in [0.3, 0.4) is 0 Å². The van der Waals surface area contributed by atoms with E-state index >= 15 is 0 Å². The standard InChI is InChI=1S/C16H13BrN2S/c17-13-5-7-14(8-6-13)20-16-12(10-18)9-11-3-1-2-4-15(11)19-16/h5-9H,1-4H2. The Hall–Kier alpha value is -1.31. The predicted molar refractivity (Wildman–Crippen MR) is 83.9 cm³/mol. The molecule has 1 heterocycles. The number of rotatable bonds is 2. The Kier molecular flexibility index (Phi) is 4.09. The fourth-order valence-electron chi connectivity index (χ4n) is 2.39. The van der Waals surface area contributed by atoms with Crippen LogP contribution >= 0.6 is 27.7 Å². The van der Waals surface area contributed by atoms with Gasteiger partial charge < -0.3 is 0 Å². The van der Waals surface area contributed by atoms with E-state index in [1.165, 1.54) is 24.1 Å². The van der Waals surface area contributed by atoms with E-state index < -0.39 is 0 Å². The summed E-state index contributed by atoms with van der Waals surface area (Å²) in [7, 11) is 0. The van der Waals surface area contributed by atoms with Crippen molar-refractivity contribution < 1.29 is 0 Å². The number of nitriles is 1. The van der Waals surface area contributed by atoms with Crippen LogP contribution in [0.4, 0.5) is 0 Å². The van der Waals surface area contributed by atoms with E-state index in [4.69, 9.17) is 4.98 Å². The van der Waals surface area contributed by atoms with Crippen molar-refractivity contribution in [1.29, 1.82) is 5.26 Å². The van der Waals surface area contributed by atoms with Crippen LogP contribution in [-0.4, -0.2) is 4.98 Å². The summed E-state index contributed by atoms with van der Waals surface area (Å²) in [5.41, 5.74) is 3.13. The average molecular weight is 345 g/mol. The largest absolute Gasteiger partial charge is 0.244 e. The zero-order valence-corrected chi connectivity index (χ0v) is 13.3. The van der Waals surface area contributed by atoms with E-state index in [1.54, 1.807) is 11.8 Å². The third-order valence-corrected chi connectivity index (χ3v) is 4.96. The molecule has 0 bridgehead atoms. The Labute approximate surface area is 131 Å². The molecule has 0 amide bonds. The van der Waals surface area contributed by atoms with Gasteiger partial charge in [-0.2, -0.15) is 5.26 Å². The van der Waals surface area contributed by atoms with Gasteiger partial charge >= 0.3 is 0 Å². The average Bonchev–Trinajstić information content (AvgIpc) is 2.49. The van der Waals surface area contributed by atoms with Crippen molar-refractivity contribution in [2.45, 2.75) is 35.6 Å². The topological polar surface area (TPSA) is 36.7 Å². The zero-order valence-electron chi connectivity index (χ0n) is 10.9. The molecule has 2 aromatic rings. The van der Waals surface area contributed by atoms with Crippen molar-refractivity contribution in [2.24, 2.45) is 0 Å². The molecule has 0 N–H and O–H groups in total. The molecule has 3 rings (SSSR count). The molecule has 0 saturated heterocycles. The molecule has 4 heteroatoms. The fraction of sp³-hybridized carbons (Fsp3) is 0.250. The number of nitrogens with zero attached hydrogens (tertiary/aromatic N) is 2. The number of halogens is 1. The fourth-order valence-corrected chi connectivity index (χ4v) is 3.52. The Morgan fingerprint density at radius 1 is 1.15 bits per heavy atom. The molecule has 0 unspecified atom stereocenters. The summed E-state index contributed by atoms with van der Waals surface area (Å²) in [5.74, 6) is 0. The highest BCUT2D eigenvalue weighted by Crippen LogP contribution is 2.32. The first kappa shape index (κ1) is 13.7. The number of hydrogen-bond donors (Lipinski definition) is 0. The first-order valence-corrected chi connectivity index (χ1v) is 8.23. The van der Waals surface area contributed by atoms with E-state index in [9.17, 15) is 5.26 Å².